The number of halogens is 5. The Bertz CT molecular complexity index is 601. The number of benzene rings is 1. The van der Waals surface area contributed by atoms with Gasteiger partial charge in [0.25, 0.3) is 0 Å². The summed E-state index contributed by atoms with van der Waals surface area (Å²) in [6, 6.07) is 4.57. The summed E-state index contributed by atoms with van der Waals surface area (Å²) in [5.41, 5.74) is 0.657. The van der Waals surface area contributed by atoms with Crippen LogP contribution in [0, 0.1) is 0 Å². The third-order valence-corrected chi connectivity index (χ3v) is 2.22. The van der Waals surface area contributed by atoms with E-state index >= 15 is 0 Å². The maximum atomic E-state index is 12.1. The number of alkyl halides is 5. The highest BCUT2D eigenvalue weighted by molar-refractivity contribution is 5.63. The minimum absolute atomic E-state index is 0.323. The van der Waals surface area contributed by atoms with E-state index in [0.717, 1.165) is 24.5 Å². The summed E-state index contributed by atoms with van der Waals surface area (Å²) in [6.45, 7) is -3.06. The third-order valence-electron chi connectivity index (χ3n) is 2.22. The van der Waals surface area contributed by atoms with Crippen LogP contribution in [0.3, 0.4) is 0 Å². The van der Waals surface area contributed by atoms with Crippen LogP contribution in [0.1, 0.15) is 0 Å². The number of hydrogen-bond donors (Lipinski definition) is 0. The minimum Gasteiger partial charge on any atom is -0.406 e. The molecule has 4 nitrogen and oxygen atoms in total. The number of aromatic nitrogens is 2. The lowest BCUT2D eigenvalue weighted by Gasteiger charge is -2.10. The molecule has 0 bridgehead atoms. The summed E-state index contributed by atoms with van der Waals surface area (Å²) >= 11 is 0. The highest BCUT2D eigenvalue weighted by Crippen LogP contribution is 2.27. The predicted octanol–water partition coefficient (Wildman–Crippen LogP) is 3.64. The van der Waals surface area contributed by atoms with Crippen molar-refractivity contribution in [3.63, 3.8) is 0 Å². The molecule has 0 aliphatic carbocycles. The number of nitrogens with zero attached hydrogens (tertiary/aromatic N) is 2. The largest absolute Gasteiger partial charge is 0.573 e. The molecule has 1 aromatic carbocycles. The average Bonchev–Trinajstić information content (AvgIpc) is 2.37. The fourth-order valence-corrected chi connectivity index (χ4v) is 1.48. The second-order valence-electron chi connectivity index (χ2n) is 3.71. The van der Waals surface area contributed by atoms with Gasteiger partial charge in [0.1, 0.15) is 5.75 Å². The summed E-state index contributed by atoms with van der Waals surface area (Å²) in [6.07, 6.45) is -2.50. The van der Waals surface area contributed by atoms with Crippen molar-refractivity contribution in [1.29, 1.82) is 0 Å². The van der Waals surface area contributed by atoms with E-state index in [0.29, 0.717) is 11.1 Å². The van der Waals surface area contributed by atoms with Crippen molar-refractivity contribution in [3.05, 3.63) is 36.7 Å². The number of hydrogen-bond acceptors (Lipinski definition) is 4. The van der Waals surface area contributed by atoms with Gasteiger partial charge in [-0.15, -0.1) is 13.2 Å². The van der Waals surface area contributed by atoms with Crippen LogP contribution in [0.4, 0.5) is 22.0 Å². The molecule has 0 atom stereocenters. The van der Waals surface area contributed by atoms with E-state index in [1.807, 2.05) is 0 Å². The van der Waals surface area contributed by atoms with Gasteiger partial charge in [0.05, 0.1) is 0 Å². The first-order chi connectivity index (χ1) is 9.83. The van der Waals surface area contributed by atoms with Gasteiger partial charge in [0.15, 0.2) is 0 Å². The number of ether oxygens (including phenoxy) is 2. The average molecular weight is 306 g/mol. The molecule has 0 N–H and O–H groups in total. The molecule has 0 spiro atoms. The normalized spacial score (nSPS) is 11.5. The SMILES string of the molecule is FC(F)Oc1ncc(-c2cccc(OC(F)(F)F)c2)cn1. The van der Waals surface area contributed by atoms with E-state index < -0.39 is 24.7 Å². The molecule has 1 heterocycles. The first kappa shape index (κ1) is 14.9. The summed E-state index contributed by atoms with van der Waals surface area (Å²) in [7, 11) is 0. The van der Waals surface area contributed by atoms with Crippen LogP contribution in [0.5, 0.6) is 11.8 Å². The van der Waals surface area contributed by atoms with Crippen LogP contribution >= 0.6 is 0 Å². The Balaban J connectivity index is 2.20. The first-order valence-electron chi connectivity index (χ1n) is 5.46. The first-order valence-corrected chi connectivity index (χ1v) is 5.46. The van der Waals surface area contributed by atoms with Crippen LogP contribution in [-0.4, -0.2) is 22.9 Å². The summed E-state index contributed by atoms with van der Waals surface area (Å²) in [4.78, 5) is 7.05. The van der Waals surface area contributed by atoms with Crippen LogP contribution in [0.25, 0.3) is 11.1 Å². The highest BCUT2D eigenvalue weighted by atomic mass is 19.4. The van der Waals surface area contributed by atoms with E-state index in [2.05, 4.69) is 19.4 Å². The predicted molar refractivity (Wildman–Crippen MR) is 60.8 cm³/mol. The molecule has 0 fully saturated rings. The zero-order chi connectivity index (χ0) is 15.5. The van der Waals surface area contributed by atoms with E-state index in [1.54, 1.807) is 0 Å². The molecule has 0 aliphatic rings. The van der Waals surface area contributed by atoms with Gasteiger partial charge >= 0.3 is 19.0 Å². The Morgan fingerprint density at radius 3 is 2.24 bits per heavy atom. The molecular formula is C12H7F5N2O2. The summed E-state index contributed by atoms with van der Waals surface area (Å²) < 4.78 is 67.9. The Hall–Kier alpha value is -2.45. The minimum atomic E-state index is -4.80. The van der Waals surface area contributed by atoms with Crippen molar-refractivity contribution < 1.29 is 31.4 Å². The fourth-order valence-electron chi connectivity index (χ4n) is 1.48. The van der Waals surface area contributed by atoms with E-state index in [4.69, 9.17) is 0 Å². The Kier molecular flexibility index (Phi) is 4.20. The molecule has 1 aromatic heterocycles. The molecule has 112 valence electrons. The molecule has 0 saturated carbocycles. The third kappa shape index (κ3) is 4.55. The maximum Gasteiger partial charge on any atom is 0.573 e. The van der Waals surface area contributed by atoms with Crippen LogP contribution in [-0.2, 0) is 0 Å². The topological polar surface area (TPSA) is 44.2 Å². The molecule has 21 heavy (non-hydrogen) atoms. The van der Waals surface area contributed by atoms with Gasteiger partial charge in [-0.2, -0.15) is 8.78 Å². The van der Waals surface area contributed by atoms with Crippen molar-refractivity contribution in [3.8, 4) is 22.9 Å². The van der Waals surface area contributed by atoms with Crippen molar-refractivity contribution in [2.75, 3.05) is 0 Å². The zero-order valence-electron chi connectivity index (χ0n) is 10.1. The molecule has 0 radical (unpaired) electrons. The maximum absolute atomic E-state index is 12.1. The molecule has 2 rings (SSSR count). The highest BCUT2D eigenvalue weighted by Gasteiger charge is 2.31. The molecule has 0 saturated heterocycles. The van der Waals surface area contributed by atoms with Gasteiger partial charge in [-0.05, 0) is 17.7 Å². The lowest BCUT2D eigenvalue weighted by atomic mass is 10.1. The molecular weight excluding hydrogens is 299 g/mol. The summed E-state index contributed by atoms with van der Waals surface area (Å²) in [5.74, 6) is -0.409. The van der Waals surface area contributed by atoms with Crippen molar-refractivity contribution in [1.82, 2.24) is 9.97 Å². The van der Waals surface area contributed by atoms with Gasteiger partial charge in [0, 0.05) is 18.0 Å². The van der Waals surface area contributed by atoms with Gasteiger partial charge < -0.3 is 9.47 Å². The fraction of sp³-hybridized carbons (Fsp3) is 0.167. The lowest BCUT2D eigenvalue weighted by molar-refractivity contribution is -0.274. The molecule has 0 amide bonds. The smallest absolute Gasteiger partial charge is 0.406 e. The second kappa shape index (κ2) is 5.90. The van der Waals surface area contributed by atoms with Gasteiger partial charge in [-0.3, -0.25) is 0 Å². The van der Waals surface area contributed by atoms with Gasteiger partial charge in [-0.1, -0.05) is 12.1 Å². The summed E-state index contributed by atoms with van der Waals surface area (Å²) in [5, 5.41) is 0. The van der Waals surface area contributed by atoms with Crippen molar-refractivity contribution in [2.24, 2.45) is 0 Å². The van der Waals surface area contributed by atoms with Crippen molar-refractivity contribution in [2.45, 2.75) is 13.0 Å². The van der Waals surface area contributed by atoms with E-state index in [9.17, 15) is 22.0 Å². The second-order valence-corrected chi connectivity index (χ2v) is 3.71. The van der Waals surface area contributed by atoms with Gasteiger partial charge in [-0.25, -0.2) is 9.97 Å². The Labute approximate surface area is 115 Å². The monoisotopic (exact) mass is 306 g/mol. The van der Waals surface area contributed by atoms with Crippen LogP contribution < -0.4 is 9.47 Å². The van der Waals surface area contributed by atoms with E-state index in [-0.39, 0.29) is 0 Å². The van der Waals surface area contributed by atoms with E-state index in [1.165, 1.54) is 12.1 Å². The molecule has 2 aromatic rings. The molecule has 9 heteroatoms. The Morgan fingerprint density at radius 1 is 1.00 bits per heavy atom. The van der Waals surface area contributed by atoms with Gasteiger partial charge in [0.2, 0.25) is 0 Å². The zero-order valence-corrected chi connectivity index (χ0v) is 10.1. The number of rotatable bonds is 4. The molecule has 0 unspecified atom stereocenters. The van der Waals surface area contributed by atoms with Crippen LogP contribution in [0.2, 0.25) is 0 Å². The van der Waals surface area contributed by atoms with Crippen molar-refractivity contribution >= 4 is 0 Å². The quantitative estimate of drug-likeness (QED) is 0.809. The lowest BCUT2D eigenvalue weighted by Crippen LogP contribution is -2.17. The van der Waals surface area contributed by atoms with Crippen LogP contribution in [0.15, 0.2) is 36.7 Å². The molecule has 0 aliphatic heterocycles. The standard InChI is InChI=1S/C12H7F5N2O2/c13-10(14)20-11-18-5-8(6-19-11)7-2-1-3-9(4-7)21-12(15,16)17/h1-6,10H. The Morgan fingerprint density at radius 2 is 1.67 bits per heavy atom.